The van der Waals surface area contributed by atoms with Crippen LogP contribution >= 0.6 is 12.2 Å². The Morgan fingerprint density at radius 3 is 2.36 bits per heavy atom. The Labute approximate surface area is 154 Å². The number of aromatic hydroxyl groups is 1. The zero-order chi connectivity index (χ0) is 18.6. The van der Waals surface area contributed by atoms with E-state index in [0.717, 1.165) is 18.5 Å². The summed E-state index contributed by atoms with van der Waals surface area (Å²) in [6.07, 6.45) is 1.39. The second-order valence-corrected chi connectivity index (χ2v) is 7.65. The van der Waals surface area contributed by atoms with Crippen LogP contribution in [0.5, 0.6) is 5.75 Å². The van der Waals surface area contributed by atoms with E-state index in [0.29, 0.717) is 18.2 Å². The lowest BCUT2D eigenvalue weighted by atomic mass is 10.1. The molecular formula is C18H27N3O3S. The van der Waals surface area contributed by atoms with Gasteiger partial charge >= 0.3 is 6.09 Å². The summed E-state index contributed by atoms with van der Waals surface area (Å²) in [6.45, 7) is 6.92. The highest BCUT2D eigenvalue weighted by molar-refractivity contribution is 7.80. The molecule has 7 heteroatoms. The van der Waals surface area contributed by atoms with Crippen LogP contribution in [0.4, 0.5) is 10.5 Å². The number of rotatable bonds is 2. The molecule has 0 radical (unpaired) electrons. The molecular weight excluding hydrogens is 338 g/mol. The smallest absolute Gasteiger partial charge is 0.410 e. The molecule has 1 aliphatic heterocycles. The quantitative estimate of drug-likeness (QED) is 0.785. The minimum Gasteiger partial charge on any atom is -0.508 e. The van der Waals surface area contributed by atoms with Crippen LogP contribution < -0.4 is 10.2 Å². The first-order chi connectivity index (χ1) is 11.7. The lowest BCUT2D eigenvalue weighted by Gasteiger charge is -2.35. The zero-order valence-electron chi connectivity index (χ0n) is 15.3. The standard InChI is InChI=1S/C18H27N3O3S/c1-18(2,3)24-17(23)21-11-9-13(10-12-21)19-16(25)20(4)14-5-7-15(22)8-6-14/h5-8,13,22H,9-12H2,1-4H3,(H,19,25). The average molecular weight is 365 g/mol. The monoisotopic (exact) mass is 365 g/mol. The van der Waals surface area contributed by atoms with Gasteiger partial charge < -0.3 is 25.0 Å². The highest BCUT2D eigenvalue weighted by Crippen LogP contribution is 2.19. The van der Waals surface area contributed by atoms with Crippen molar-refractivity contribution < 1.29 is 14.6 Å². The highest BCUT2D eigenvalue weighted by atomic mass is 32.1. The molecule has 6 nitrogen and oxygen atoms in total. The van der Waals surface area contributed by atoms with E-state index in [9.17, 15) is 9.90 Å². The molecule has 1 aromatic carbocycles. The molecule has 1 amide bonds. The van der Waals surface area contributed by atoms with E-state index in [-0.39, 0.29) is 17.9 Å². The van der Waals surface area contributed by atoms with Crippen molar-refractivity contribution in [2.45, 2.75) is 45.3 Å². The maximum Gasteiger partial charge on any atom is 0.410 e. The second-order valence-electron chi connectivity index (χ2n) is 7.27. The van der Waals surface area contributed by atoms with Crippen molar-refractivity contribution in [1.82, 2.24) is 10.2 Å². The number of hydrogen-bond acceptors (Lipinski definition) is 4. The predicted octanol–water partition coefficient (Wildman–Crippen LogP) is 3.10. The molecule has 1 heterocycles. The number of benzene rings is 1. The first kappa shape index (κ1) is 19.3. The zero-order valence-corrected chi connectivity index (χ0v) is 16.1. The first-order valence-corrected chi connectivity index (χ1v) is 8.88. The van der Waals surface area contributed by atoms with Gasteiger partial charge in [-0.2, -0.15) is 0 Å². The van der Waals surface area contributed by atoms with E-state index in [4.69, 9.17) is 17.0 Å². The SMILES string of the molecule is CN(C(=S)NC1CCN(C(=O)OC(C)(C)C)CC1)c1ccc(O)cc1. The first-order valence-electron chi connectivity index (χ1n) is 8.47. The van der Waals surface area contributed by atoms with Gasteiger partial charge in [-0.25, -0.2) is 4.79 Å². The molecule has 1 aliphatic rings. The number of ether oxygens (including phenoxy) is 1. The van der Waals surface area contributed by atoms with Gasteiger partial charge in [0.15, 0.2) is 5.11 Å². The number of amides is 1. The van der Waals surface area contributed by atoms with Crippen molar-refractivity contribution in [3.63, 3.8) is 0 Å². The Morgan fingerprint density at radius 1 is 1.28 bits per heavy atom. The Hall–Kier alpha value is -2.02. The van der Waals surface area contributed by atoms with E-state index < -0.39 is 5.60 Å². The van der Waals surface area contributed by atoms with Gasteiger partial charge in [0.1, 0.15) is 11.4 Å². The highest BCUT2D eigenvalue weighted by Gasteiger charge is 2.27. The summed E-state index contributed by atoms with van der Waals surface area (Å²) in [6, 6.07) is 7.12. The van der Waals surface area contributed by atoms with Crippen molar-refractivity contribution in [3.8, 4) is 5.75 Å². The normalized spacial score (nSPS) is 15.6. The number of anilines is 1. The Morgan fingerprint density at radius 2 is 1.84 bits per heavy atom. The third kappa shape index (κ3) is 5.77. The third-order valence-electron chi connectivity index (χ3n) is 4.02. The molecule has 0 unspecified atom stereocenters. The van der Waals surface area contributed by atoms with Crippen molar-refractivity contribution in [2.75, 3.05) is 25.0 Å². The number of likely N-dealkylation sites (tertiary alicyclic amines) is 1. The summed E-state index contributed by atoms with van der Waals surface area (Å²) in [5, 5.41) is 13.4. The van der Waals surface area contributed by atoms with Gasteiger partial charge in [0.05, 0.1) is 0 Å². The number of phenolic OH excluding ortho intramolecular Hbond substituents is 1. The molecule has 0 atom stereocenters. The summed E-state index contributed by atoms with van der Waals surface area (Å²) in [5.74, 6) is 0.227. The minimum absolute atomic E-state index is 0.227. The molecule has 1 aromatic rings. The van der Waals surface area contributed by atoms with Gasteiger partial charge in [0.25, 0.3) is 0 Å². The minimum atomic E-state index is -0.472. The molecule has 138 valence electrons. The number of piperidine rings is 1. The summed E-state index contributed by atoms with van der Waals surface area (Å²) in [7, 11) is 1.89. The molecule has 0 bridgehead atoms. The molecule has 0 aliphatic carbocycles. The van der Waals surface area contributed by atoms with E-state index in [1.54, 1.807) is 17.0 Å². The molecule has 0 spiro atoms. The fourth-order valence-electron chi connectivity index (χ4n) is 2.60. The molecule has 2 N–H and O–H groups in total. The fraction of sp³-hybridized carbons (Fsp3) is 0.556. The van der Waals surface area contributed by atoms with Gasteiger partial charge in [0.2, 0.25) is 0 Å². The van der Waals surface area contributed by atoms with Crippen LogP contribution in [-0.4, -0.2) is 53.0 Å². The maximum absolute atomic E-state index is 12.1. The van der Waals surface area contributed by atoms with Gasteiger partial charge in [-0.1, -0.05) is 0 Å². The maximum atomic E-state index is 12.1. The predicted molar refractivity (Wildman–Crippen MR) is 103 cm³/mol. The van der Waals surface area contributed by atoms with Gasteiger partial charge in [-0.15, -0.1) is 0 Å². The van der Waals surface area contributed by atoms with Crippen LogP contribution in [0.1, 0.15) is 33.6 Å². The van der Waals surface area contributed by atoms with Crippen molar-refractivity contribution in [3.05, 3.63) is 24.3 Å². The number of carbonyl (C=O) groups is 1. The van der Waals surface area contributed by atoms with E-state index in [1.807, 2.05) is 44.9 Å². The van der Waals surface area contributed by atoms with Crippen LogP contribution in [0.2, 0.25) is 0 Å². The topological polar surface area (TPSA) is 65.0 Å². The Balaban J connectivity index is 1.82. The van der Waals surface area contributed by atoms with Crippen LogP contribution in [0, 0.1) is 0 Å². The molecule has 0 aromatic heterocycles. The molecule has 1 fully saturated rings. The summed E-state index contributed by atoms with van der Waals surface area (Å²) >= 11 is 5.47. The van der Waals surface area contributed by atoms with Gasteiger partial charge in [-0.05, 0) is 70.1 Å². The van der Waals surface area contributed by atoms with E-state index in [2.05, 4.69) is 5.32 Å². The lowest BCUT2D eigenvalue weighted by Crippen LogP contribution is -2.50. The number of hydrogen-bond donors (Lipinski definition) is 2. The largest absolute Gasteiger partial charge is 0.508 e. The number of thiocarbonyl (C=S) groups is 1. The van der Waals surface area contributed by atoms with Crippen molar-refractivity contribution >= 4 is 29.1 Å². The summed E-state index contributed by atoms with van der Waals surface area (Å²) in [5.41, 5.74) is 0.433. The molecule has 25 heavy (non-hydrogen) atoms. The van der Waals surface area contributed by atoms with Crippen molar-refractivity contribution in [2.24, 2.45) is 0 Å². The van der Waals surface area contributed by atoms with Crippen molar-refractivity contribution in [1.29, 1.82) is 0 Å². The van der Waals surface area contributed by atoms with Crippen LogP contribution in [-0.2, 0) is 4.74 Å². The molecule has 1 saturated heterocycles. The Kier molecular flexibility index (Phi) is 6.11. The molecule has 2 rings (SSSR count). The number of phenols is 1. The van der Waals surface area contributed by atoms with E-state index in [1.165, 1.54) is 0 Å². The fourth-order valence-corrected chi connectivity index (χ4v) is 2.87. The van der Waals surface area contributed by atoms with Crippen LogP contribution in [0.3, 0.4) is 0 Å². The Bertz CT molecular complexity index is 605. The third-order valence-corrected chi connectivity index (χ3v) is 4.41. The average Bonchev–Trinajstić information content (AvgIpc) is 2.54. The number of carbonyl (C=O) groups excluding carboxylic acids is 1. The molecule has 0 saturated carbocycles. The van der Waals surface area contributed by atoms with Crippen LogP contribution in [0.15, 0.2) is 24.3 Å². The summed E-state index contributed by atoms with van der Waals surface area (Å²) in [4.78, 5) is 15.7. The van der Waals surface area contributed by atoms with Gasteiger partial charge in [-0.3, -0.25) is 0 Å². The number of nitrogens with zero attached hydrogens (tertiary/aromatic N) is 2. The van der Waals surface area contributed by atoms with E-state index >= 15 is 0 Å². The number of nitrogens with one attached hydrogen (secondary N) is 1. The van der Waals surface area contributed by atoms with Gasteiger partial charge in [0, 0.05) is 31.9 Å². The lowest BCUT2D eigenvalue weighted by molar-refractivity contribution is 0.0203. The van der Waals surface area contributed by atoms with Crippen LogP contribution in [0.25, 0.3) is 0 Å². The summed E-state index contributed by atoms with van der Waals surface area (Å²) < 4.78 is 5.41. The second kappa shape index (κ2) is 7.91.